The highest BCUT2D eigenvalue weighted by atomic mass is 32.2. The lowest BCUT2D eigenvalue weighted by atomic mass is 10.1. The lowest BCUT2D eigenvalue weighted by Crippen LogP contribution is -2.31. The van der Waals surface area contributed by atoms with Gasteiger partial charge >= 0.3 is 0 Å². The molecule has 2 heterocycles. The summed E-state index contributed by atoms with van der Waals surface area (Å²) in [6.07, 6.45) is 3.31. The summed E-state index contributed by atoms with van der Waals surface area (Å²) in [6, 6.07) is 8.88. The smallest absolute Gasteiger partial charge is 0.247 e. The average molecular weight is 346 g/mol. The van der Waals surface area contributed by atoms with Crippen molar-refractivity contribution in [2.45, 2.75) is 37.6 Å². The van der Waals surface area contributed by atoms with E-state index in [1.165, 1.54) is 7.11 Å². The van der Waals surface area contributed by atoms with E-state index < -0.39 is 10.0 Å². The number of nitrogens with zero attached hydrogens (tertiary/aromatic N) is 2. The van der Waals surface area contributed by atoms with Crippen molar-refractivity contribution in [3.05, 3.63) is 53.3 Å². The number of benzene rings is 1. The highest BCUT2D eigenvalue weighted by Gasteiger charge is 2.38. The van der Waals surface area contributed by atoms with Gasteiger partial charge in [-0.05, 0) is 62.1 Å². The van der Waals surface area contributed by atoms with Crippen LogP contribution < -0.4 is 4.74 Å². The Morgan fingerprint density at radius 1 is 1.21 bits per heavy atom. The molecule has 0 spiro atoms. The minimum atomic E-state index is -3.65. The minimum absolute atomic E-state index is 0.220. The zero-order chi connectivity index (χ0) is 17.3. The maximum atomic E-state index is 13.3. The van der Waals surface area contributed by atoms with Gasteiger partial charge in [0.15, 0.2) is 0 Å². The Bertz CT molecular complexity index is 835. The number of sulfonamides is 1. The number of pyridine rings is 1. The van der Waals surface area contributed by atoms with Crippen molar-refractivity contribution in [3.8, 4) is 5.75 Å². The zero-order valence-electron chi connectivity index (χ0n) is 14.2. The maximum absolute atomic E-state index is 13.3. The van der Waals surface area contributed by atoms with Crippen molar-refractivity contribution in [1.82, 2.24) is 9.29 Å². The fourth-order valence-corrected chi connectivity index (χ4v) is 5.04. The molecule has 0 aliphatic carbocycles. The third kappa shape index (κ3) is 2.91. The summed E-state index contributed by atoms with van der Waals surface area (Å²) >= 11 is 0. The summed E-state index contributed by atoms with van der Waals surface area (Å²) < 4.78 is 33.5. The standard InChI is InChI=1S/C18H22N2O3S/c1-13-11-17(23-3)18(12-14(13)2)24(21,22)20-10-6-8-16(20)15-7-4-5-9-19-15/h4-5,7,9,11-12,16H,6,8,10H2,1-3H3. The summed E-state index contributed by atoms with van der Waals surface area (Å²) in [6.45, 7) is 4.36. The van der Waals surface area contributed by atoms with Crippen LogP contribution in [-0.2, 0) is 10.0 Å². The molecule has 1 saturated heterocycles. The van der Waals surface area contributed by atoms with Crippen molar-refractivity contribution in [3.63, 3.8) is 0 Å². The first-order valence-corrected chi connectivity index (χ1v) is 9.47. The Morgan fingerprint density at radius 3 is 2.62 bits per heavy atom. The van der Waals surface area contributed by atoms with Crippen LogP contribution >= 0.6 is 0 Å². The molecule has 1 atom stereocenters. The molecular formula is C18H22N2O3S. The van der Waals surface area contributed by atoms with Gasteiger partial charge in [0.2, 0.25) is 10.0 Å². The molecule has 1 unspecified atom stereocenters. The van der Waals surface area contributed by atoms with E-state index in [1.54, 1.807) is 22.6 Å². The van der Waals surface area contributed by atoms with Crippen LogP contribution in [0.5, 0.6) is 5.75 Å². The van der Waals surface area contributed by atoms with Crippen LogP contribution in [0, 0.1) is 13.8 Å². The van der Waals surface area contributed by atoms with Crippen LogP contribution in [0.25, 0.3) is 0 Å². The lowest BCUT2D eigenvalue weighted by molar-refractivity contribution is 0.377. The van der Waals surface area contributed by atoms with Crippen LogP contribution in [0.3, 0.4) is 0 Å². The molecule has 5 nitrogen and oxygen atoms in total. The van der Waals surface area contributed by atoms with Crippen LogP contribution in [0.1, 0.15) is 35.7 Å². The van der Waals surface area contributed by atoms with Crippen molar-refractivity contribution in [2.24, 2.45) is 0 Å². The molecule has 6 heteroatoms. The van der Waals surface area contributed by atoms with Crippen LogP contribution in [0.15, 0.2) is 41.4 Å². The summed E-state index contributed by atoms with van der Waals surface area (Å²) in [5, 5.41) is 0. The molecule has 24 heavy (non-hydrogen) atoms. The molecule has 3 rings (SSSR count). The number of hydrogen-bond donors (Lipinski definition) is 0. The van der Waals surface area contributed by atoms with Gasteiger partial charge in [0.05, 0.1) is 18.8 Å². The molecular weight excluding hydrogens is 324 g/mol. The third-order valence-electron chi connectivity index (χ3n) is 4.60. The fourth-order valence-electron chi connectivity index (χ4n) is 3.15. The Kier molecular flexibility index (Phi) is 4.60. The maximum Gasteiger partial charge on any atom is 0.247 e. The molecule has 1 aromatic heterocycles. The molecule has 1 aliphatic heterocycles. The number of aromatic nitrogens is 1. The van der Waals surface area contributed by atoms with Crippen molar-refractivity contribution in [1.29, 1.82) is 0 Å². The summed E-state index contributed by atoms with van der Waals surface area (Å²) in [5.74, 6) is 0.393. The quantitative estimate of drug-likeness (QED) is 0.853. The van der Waals surface area contributed by atoms with Crippen LogP contribution in [0.2, 0.25) is 0 Å². The molecule has 1 aliphatic rings. The van der Waals surface area contributed by atoms with Crippen molar-refractivity contribution < 1.29 is 13.2 Å². The van der Waals surface area contributed by atoms with Crippen molar-refractivity contribution in [2.75, 3.05) is 13.7 Å². The van der Waals surface area contributed by atoms with Gasteiger partial charge in [0.1, 0.15) is 10.6 Å². The normalized spacial score (nSPS) is 18.7. The Balaban J connectivity index is 2.06. The molecule has 0 N–H and O–H groups in total. The second kappa shape index (κ2) is 6.53. The average Bonchev–Trinajstić information content (AvgIpc) is 3.08. The predicted octanol–water partition coefficient (Wildman–Crippen LogP) is 3.23. The molecule has 1 fully saturated rings. The number of rotatable bonds is 4. The van der Waals surface area contributed by atoms with E-state index in [0.717, 1.165) is 29.7 Å². The number of aryl methyl sites for hydroxylation is 2. The van der Waals surface area contributed by atoms with E-state index in [0.29, 0.717) is 12.3 Å². The second-order valence-corrected chi connectivity index (χ2v) is 7.97. The highest BCUT2D eigenvalue weighted by molar-refractivity contribution is 7.89. The van der Waals surface area contributed by atoms with Gasteiger partial charge in [0.25, 0.3) is 0 Å². The van der Waals surface area contributed by atoms with E-state index in [1.807, 2.05) is 32.0 Å². The van der Waals surface area contributed by atoms with Gasteiger partial charge in [-0.25, -0.2) is 8.42 Å². The zero-order valence-corrected chi connectivity index (χ0v) is 15.0. The van der Waals surface area contributed by atoms with Gasteiger partial charge in [0, 0.05) is 12.7 Å². The SMILES string of the molecule is COc1cc(C)c(C)cc1S(=O)(=O)N1CCCC1c1ccccn1. The predicted molar refractivity (Wildman–Crippen MR) is 92.6 cm³/mol. The molecule has 2 aromatic rings. The first kappa shape index (κ1) is 16.9. The molecule has 128 valence electrons. The van der Waals surface area contributed by atoms with E-state index in [4.69, 9.17) is 4.74 Å². The third-order valence-corrected chi connectivity index (χ3v) is 6.53. The molecule has 0 amide bonds. The van der Waals surface area contributed by atoms with Gasteiger partial charge < -0.3 is 4.74 Å². The van der Waals surface area contributed by atoms with Gasteiger partial charge in [-0.15, -0.1) is 0 Å². The van der Waals surface area contributed by atoms with E-state index in [-0.39, 0.29) is 10.9 Å². The number of hydrogen-bond acceptors (Lipinski definition) is 4. The minimum Gasteiger partial charge on any atom is -0.495 e. The Hall–Kier alpha value is -1.92. The summed E-state index contributed by atoms with van der Waals surface area (Å²) in [7, 11) is -2.15. The monoisotopic (exact) mass is 346 g/mol. The van der Waals surface area contributed by atoms with Gasteiger partial charge in [-0.1, -0.05) is 6.07 Å². The second-order valence-electron chi connectivity index (χ2n) is 6.12. The summed E-state index contributed by atoms with van der Waals surface area (Å²) in [5.41, 5.74) is 2.73. The Morgan fingerprint density at radius 2 is 1.96 bits per heavy atom. The van der Waals surface area contributed by atoms with Crippen LogP contribution in [0.4, 0.5) is 0 Å². The Labute approximate surface area is 143 Å². The molecule has 0 bridgehead atoms. The fraction of sp³-hybridized carbons (Fsp3) is 0.389. The highest BCUT2D eigenvalue weighted by Crippen LogP contribution is 2.38. The number of methoxy groups -OCH3 is 1. The first-order valence-electron chi connectivity index (χ1n) is 8.03. The molecule has 1 aromatic carbocycles. The van der Waals surface area contributed by atoms with Gasteiger partial charge in [-0.3, -0.25) is 4.98 Å². The van der Waals surface area contributed by atoms with Gasteiger partial charge in [-0.2, -0.15) is 4.31 Å². The number of ether oxygens (including phenoxy) is 1. The van der Waals surface area contributed by atoms with E-state index in [9.17, 15) is 8.42 Å². The van der Waals surface area contributed by atoms with E-state index in [2.05, 4.69) is 4.98 Å². The van der Waals surface area contributed by atoms with E-state index >= 15 is 0 Å². The first-order chi connectivity index (χ1) is 11.4. The lowest BCUT2D eigenvalue weighted by Gasteiger charge is -2.25. The topological polar surface area (TPSA) is 59.5 Å². The van der Waals surface area contributed by atoms with Crippen LogP contribution in [-0.4, -0.2) is 31.4 Å². The largest absolute Gasteiger partial charge is 0.495 e. The molecule has 0 radical (unpaired) electrons. The molecule has 0 saturated carbocycles. The van der Waals surface area contributed by atoms with Crippen molar-refractivity contribution >= 4 is 10.0 Å². The summed E-state index contributed by atoms with van der Waals surface area (Å²) in [4.78, 5) is 4.59.